The molecule has 0 heterocycles. The van der Waals surface area contributed by atoms with Crippen molar-refractivity contribution >= 4 is 18.0 Å². The van der Waals surface area contributed by atoms with Crippen LogP contribution in [0.5, 0.6) is 0 Å². The van der Waals surface area contributed by atoms with Gasteiger partial charge in [0.1, 0.15) is 17.8 Å². The van der Waals surface area contributed by atoms with E-state index in [4.69, 9.17) is 14.2 Å². The molecule has 0 saturated heterocycles. The van der Waals surface area contributed by atoms with Gasteiger partial charge in [0.15, 0.2) is 0 Å². The number of benzene rings is 1. The quantitative estimate of drug-likeness (QED) is 0.353. The van der Waals surface area contributed by atoms with Gasteiger partial charge in [-0.3, -0.25) is 14.5 Å². The van der Waals surface area contributed by atoms with E-state index in [0.717, 1.165) is 5.56 Å². The number of esters is 2. The maximum atomic E-state index is 12.6. The van der Waals surface area contributed by atoms with Gasteiger partial charge in [0.25, 0.3) is 0 Å². The minimum absolute atomic E-state index is 0.0583. The molecule has 0 fully saturated rings. The van der Waals surface area contributed by atoms with Crippen molar-refractivity contribution in [1.82, 2.24) is 10.2 Å². The molecule has 192 valence electrons. The number of hydrogen-bond donors (Lipinski definition) is 1. The van der Waals surface area contributed by atoms with E-state index in [-0.39, 0.29) is 31.0 Å². The normalized spacial score (nSPS) is 12.7. The summed E-state index contributed by atoms with van der Waals surface area (Å²) in [4.78, 5) is 38.8. The largest absolute Gasteiger partial charge is 0.461 e. The van der Waals surface area contributed by atoms with Crippen LogP contribution in [0.25, 0.3) is 0 Å². The summed E-state index contributed by atoms with van der Waals surface area (Å²) in [6.07, 6.45) is 0.643. The molecule has 0 aliphatic carbocycles. The molecule has 0 aromatic heterocycles. The van der Waals surface area contributed by atoms with Crippen LogP contribution in [0, 0.1) is 5.92 Å². The fourth-order valence-corrected chi connectivity index (χ4v) is 3.13. The van der Waals surface area contributed by atoms with E-state index in [1.165, 1.54) is 0 Å². The summed E-state index contributed by atoms with van der Waals surface area (Å²) in [5.74, 6) is -0.899. The monoisotopic (exact) mass is 478 g/mol. The Morgan fingerprint density at radius 3 is 2.12 bits per heavy atom. The molecule has 34 heavy (non-hydrogen) atoms. The number of carbonyl (C=O) groups is 3. The van der Waals surface area contributed by atoms with E-state index in [0.29, 0.717) is 32.5 Å². The third kappa shape index (κ3) is 13.8. The molecular formula is C26H42N2O6. The summed E-state index contributed by atoms with van der Waals surface area (Å²) in [5, 5.41) is 2.71. The smallest absolute Gasteiger partial charge is 0.407 e. The van der Waals surface area contributed by atoms with Gasteiger partial charge in [-0.1, -0.05) is 37.3 Å². The first-order valence-corrected chi connectivity index (χ1v) is 11.9. The number of amides is 1. The lowest BCUT2D eigenvalue weighted by atomic mass is 10.0. The summed E-state index contributed by atoms with van der Waals surface area (Å²) in [5.41, 5.74) is -0.245. The molecule has 0 radical (unpaired) electrons. The van der Waals surface area contributed by atoms with Gasteiger partial charge < -0.3 is 19.5 Å². The molecule has 1 aromatic rings. The fourth-order valence-electron chi connectivity index (χ4n) is 3.13. The van der Waals surface area contributed by atoms with Crippen LogP contribution in [0.3, 0.4) is 0 Å². The molecule has 1 N–H and O–H groups in total. The minimum atomic E-state index is -0.593. The highest BCUT2D eigenvalue weighted by atomic mass is 16.6. The molecule has 0 aliphatic rings. The molecule has 8 heteroatoms. The van der Waals surface area contributed by atoms with Crippen molar-refractivity contribution in [3.63, 3.8) is 0 Å². The van der Waals surface area contributed by atoms with E-state index in [2.05, 4.69) is 5.32 Å². The van der Waals surface area contributed by atoms with E-state index in [1.807, 2.05) is 62.9 Å². The zero-order valence-corrected chi connectivity index (χ0v) is 21.8. The second-order valence-electron chi connectivity index (χ2n) is 10.3. The Hall–Kier alpha value is -2.61. The molecule has 1 amide bonds. The predicted molar refractivity (Wildman–Crippen MR) is 131 cm³/mol. The van der Waals surface area contributed by atoms with Crippen molar-refractivity contribution in [1.29, 1.82) is 0 Å². The number of alkyl carbamates (subject to hydrolysis) is 1. The highest BCUT2D eigenvalue weighted by Crippen LogP contribution is 2.14. The van der Waals surface area contributed by atoms with Crippen molar-refractivity contribution in [3.05, 3.63) is 35.9 Å². The van der Waals surface area contributed by atoms with Crippen LogP contribution in [-0.4, -0.2) is 60.3 Å². The summed E-state index contributed by atoms with van der Waals surface area (Å²) in [7, 11) is 0. The van der Waals surface area contributed by atoms with Crippen molar-refractivity contribution < 1.29 is 28.6 Å². The number of carbonyl (C=O) groups excluding carboxylic acids is 3. The summed E-state index contributed by atoms with van der Waals surface area (Å²) in [6, 6.07) is 9.54. The van der Waals surface area contributed by atoms with E-state index < -0.39 is 17.3 Å². The molecule has 8 nitrogen and oxygen atoms in total. The Kier molecular flexibility index (Phi) is 12.1. The fraction of sp³-hybridized carbons (Fsp3) is 0.654. The van der Waals surface area contributed by atoms with Crippen LogP contribution in [-0.2, 0) is 30.4 Å². The molecule has 1 aromatic carbocycles. The third-order valence-corrected chi connectivity index (χ3v) is 4.71. The first-order chi connectivity index (χ1) is 15.8. The van der Waals surface area contributed by atoms with Crippen LogP contribution in [0.2, 0.25) is 0 Å². The number of nitrogens with zero attached hydrogens (tertiary/aromatic N) is 1. The van der Waals surface area contributed by atoms with Gasteiger partial charge in [-0.05, 0) is 66.5 Å². The molecule has 0 bridgehead atoms. The summed E-state index contributed by atoms with van der Waals surface area (Å²) >= 11 is 0. The minimum Gasteiger partial charge on any atom is -0.461 e. The van der Waals surface area contributed by atoms with Gasteiger partial charge in [-0.2, -0.15) is 0 Å². The number of nitrogens with one attached hydrogen (secondary N) is 1. The van der Waals surface area contributed by atoms with Crippen molar-refractivity contribution in [2.24, 2.45) is 5.92 Å². The Morgan fingerprint density at radius 2 is 1.56 bits per heavy atom. The average Bonchev–Trinajstić information content (AvgIpc) is 2.70. The predicted octanol–water partition coefficient (Wildman–Crippen LogP) is 4.31. The Morgan fingerprint density at radius 1 is 0.941 bits per heavy atom. The number of ether oxygens (including phenoxy) is 3. The summed E-state index contributed by atoms with van der Waals surface area (Å²) < 4.78 is 16.2. The maximum absolute atomic E-state index is 12.6. The lowest BCUT2D eigenvalue weighted by Gasteiger charge is -2.26. The number of hydrogen-bond acceptors (Lipinski definition) is 7. The van der Waals surface area contributed by atoms with Gasteiger partial charge in [0.05, 0.1) is 12.5 Å². The van der Waals surface area contributed by atoms with Gasteiger partial charge in [0, 0.05) is 13.1 Å². The SMILES string of the molecule is CCC(CCN(CCNC(=O)OC(C)(C)C)CC(=O)OC(C)(C)C)C(=O)OCc1ccccc1. The first-order valence-electron chi connectivity index (χ1n) is 11.9. The van der Waals surface area contributed by atoms with Gasteiger partial charge in [0.2, 0.25) is 0 Å². The zero-order chi connectivity index (χ0) is 25.8. The van der Waals surface area contributed by atoms with Crippen molar-refractivity contribution in [2.75, 3.05) is 26.2 Å². The highest BCUT2D eigenvalue weighted by molar-refractivity contribution is 5.73. The molecular weight excluding hydrogens is 436 g/mol. The van der Waals surface area contributed by atoms with Crippen molar-refractivity contribution in [3.8, 4) is 0 Å². The Balaban J connectivity index is 2.65. The molecule has 1 rings (SSSR count). The Labute approximate surface area is 204 Å². The van der Waals surface area contributed by atoms with E-state index in [9.17, 15) is 14.4 Å². The molecule has 1 unspecified atom stereocenters. The molecule has 0 saturated carbocycles. The molecule has 0 spiro atoms. The number of rotatable bonds is 12. The van der Waals surface area contributed by atoms with Crippen LogP contribution < -0.4 is 5.32 Å². The van der Waals surface area contributed by atoms with Crippen molar-refractivity contribution in [2.45, 2.75) is 79.1 Å². The average molecular weight is 479 g/mol. The van der Waals surface area contributed by atoms with E-state index in [1.54, 1.807) is 20.8 Å². The highest BCUT2D eigenvalue weighted by Gasteiger charge is 2.23. The maximum Gasteiger partial charge on any atom is 0.407 e. The van der Waals surface area contributed by atoms with Crippen LogP contribution in [0.15, 0.2) is 30.3 Å². The first kappa shape index (κ1) is 29.4. The van der Waals surface area contributed by atoms with Gasteiger partial charge >= 0.3 is 18.0 Å². The lowest BCUT2D eigenvalue weighted by molar-refractivity contribution is -0.156. The topological polar surface area (TPSA) is 94.2 Å². The third-order valence-electron chi connectivity index (χ3n) is 4.71. The standard InChI is InChI=1S/C26H42N2O6/c1-8-21(23(30)32-19-20-12-10-9-11-13-20)14-16-28(18-22(29)33-25(2,3)4)17-15-27-24(31)34-26(5,6)7/h9-13,21H,8,14-19H2,1-7H3,(H,27,31). The molecule has 1 atom stereocenters. The van der Waals surface area contributed by atoms with Gasteiger partial charge in [-0.25, -0.2) is 4.79 Å². The summed E-state index contributed by atoms with van der Waals surface area (Å²) in [6.45, 7) is 14.3. The lowest BCUT2D eigenvalue weighted by Crippen LogP contribution is -2.42. The van der Waals surface area contributed by atoms with Crippen LogP contribution in [0.4, 0.5) is 4.79 Å². The van der Waals surface area contributed by atoms with Crippen LogP contribution in [0.1, 0.15) is 66.9 Å². The molecule has 0 aliphatic heterocycles. The van der Waals surface area contributed by atoms with Gasteiger partial charge in [-0.15, -0.1) is 0 Å². The second kappa shape index (κ2) is 13.9. The Bertz CT molecular complexity index is 768. The zero-order valence-electron chi connectivity index (χ0n) is 21.8. The second-order valence-corrected chi connectivity index (χ2v) is 10.3. The van der Waals surface area contributed by atoms with Crippen LogP contribution >= 0.6 is 0 Å². The van der Waals surface area contributed by atoms with E-state index >= 15 is 0 Å².